The number of hydrogen-bond acceptors (Lipinski definition) is 5. The van der Waals surface area contributed by atoms with E-state index in [4.69, 9.17) is 4.63 Å². The largest absolute Gasteiger partial charge is 0.338 e. The number of nitrogens with zero attached hydrogens (tertiary/aromatic N) is 4. The van der Waals surface area contributed by atoms with E-state index in [0.717, 1.165) is 45.1 Å². The van der Waals surface area contributed by atoms with Crippen LogP contribution in [-0.4, -0.2) is 56.6 Å². The molecule has 0 radical (unpaired) electrons. The van der Waals surface area contributed by atoms with E-state index in [-0.39, 0.29) is 35.6 Å². The summed E-state index contributed by atoms with van der Waals surface area (Å²) in [6.45, 7) is 4.14. The van der Waals surface area contributed by atoms with Gasteiger partial charge in [-0.15, -0.1) is 0 Å². The SMILES string of the molecule is CC(=O)N1CCCCC[C@@H]2[C@@H]1C[C@@H](Cc1ccccc1)N2C(=O)c1nonc1C. The van der Waals surface area contributed by atoms with Crippen molar-refractivity contribution in [3.05, 3.63) is 47.3 Å². The molecule has 7 heteroatoms. The summed E-state index contributed by atoms with van der Waals surface area (Å²) in [6, 6.07) is 10.3. The highest BCUT2D eigenvalue weighted by Gasteiger charge is 2.47. The van der Waals surface area contributed by atoms with E-state index in [2.05, 4.69) is 22.4 Å². The molecule has 1 aromatic carbocycles. The quantitative estimate of drug-likeness (QED) is 0.797. The third-order valence-electron chi connectivity index (χ3n) is 6.32. The van der Waals surface area contributed by atoms with E-state index in [1.165, 1.54) is 5.56 Å². The lowest BCUT2D eigenvalue weighted by Crippen LogP contribution is -2.50. The van der Waals surface area contributed by atoms with Gasteiger partial charge in [0, 0.05) is 19.5 Å². The molecular formula is C22H28N4O3. The van der Waals surface area contributed by atoms with Gasteiger partial charge < -0.3 is 9.80 Å². The third-order valence-corrected chi connectivity index (χ3v) is 6.32. The number of aromatic nitrogens is 2. The average Bonchev–Trinajstić information content (AvgIpc) is 3.26. The highest BCUT2D eigenvalue weighted by Crippen LogP contribution is 2.36. The molecule has 0 saturated carbocycles. The first-order valence-corrected chi connectivity index (χ1v) is 10.5. The number of amides is 2. The minimum Gasteiger partial charge on any atom is -0.338 e. The lowest BCUT2D eigenvalue weighted by molar-refractivity contribution is -0.132. The van der Waals surface area contributed by atoms with Crippen molar-refractivity contribution in [3.8, 4) is 0 Å². The highest BCUT2D eigenvalue weighted by molar-refractivity contribution is 5.94. The Balaban J connectivity index is 1.70. The molecule has 154 valence electrons. The molecule has 1 aromatic heterocycles. The van der Waals surface area contributed by atoms with Crippen molar-refractivity contribution in [1.82, 2.24) is 20.1 Å². The van der Waals surface area contributed by atoms with Crippen LogP contribution in [0.1, 0.15) is 60.8 Å². The molecule has 2 aliphatic heterocycles. The van der Waals surface area contributed by atoms with Crippen molar-refractivity contribution in [2.24, 2.45) is 0 Å². The first-order valence-electron chi connectivity index (χ1n) is 10.5. The molecule has 0 bridgehead atoms. The van der Waals surface area contributed by atoms with Crippen LogP contribution >= 0.6 is 0 Å². The van der Waals surface area contributed by atoms with Gasteiger partial charge in [-0.1, -0.05) is 48.3 Å². The highest BCUT2D eigenvalue weighted by atomic mass is 16.6. The Hall–Kier alpha value is -2.70. The first kappa shape index (κ1) is 19.6. The fourth-order valence-corrected chi connectivity index (χ4v) is 4.97. The van der Waals surface area contributed by atoms with E-state index in [0.29, 0.717) is 5.69 Å². The summed E-state index contributed by atoms with van der Waals surface area (Å²) < 4.78 is 4.81. The molecule has 2 aromatic rings. The van der Waals surface area contributed by atoms with Gasteiger partial charge in [-0.25, -0.2) is 4.63 Å². The van der Waals surface area contributed by atoms with Crippen molar-refractivity contribution in [2.75, 3.05) is 6.54 Å². The zero-order chi connectivity index (χ0) is 20.4. The van der Waals surface area contributed by atoms with Crippen molar-refractivity contribution in [1.29, 1.82) is 0 Å². The predicted molar refractivity (Wildman–Crippen MR) is 107 cm³/mol. The first-order chi connectivity index (χ1) is 14.1. The number of aryl methyl sites for hydroxylation is 1. The second-order valence-electron chi connectivity index (χ2n) is 8.19. The zero-order valence-electron chi connectivity index (χ0n) is 17.1. The summed E-state index contributed by atoms with van der Waals surface area (Å²) in [7, 11) is 0. The Bertz CT molecular complexity index is 866. The molecule has 2 fully saturated rings. The van der Waals surface area contributed by atoms with Gasteiger partial charge in [-0.2, -0.15) is 0 Å². The third kappa shape index (κ3) is 3.91. The van der Waals surface area contributed by atoms with E-state index in [9.17, 15) is 9.59 Å². The molecule has 2 aliphatic rings. The van der Waals surface area contributed by atoms with E-state index in [1.54, 1.807) is 13.8 Å². The second-order valence-corrected chi connectivity index (χ2v) is 8.19. The van der Waals surface area contributed by atoms with Crippen LogP contribution in [0.5, 0.6) is 0 Å². The second kappa shape index (κ2) is 8.35. The van der Waals surface area contributed by atoms with Gasteiger partial charge in [0.1, 0.15) is 5.69 Å². The van der Waals surface area contributed by atoms with Crippen LogP contribution in [0.4, 0.5) is 0 Å². The van der Waals surface area contributed by atoms with Crippen molar-refractivity contribution in [2.45, 2.75) is 70.5 Å². The van der Waals surface area contributed by atoms with Crippen molar-refractivity contribution in [3.63, 3.8) is 0 Å². The molecule has 0 unspecified atom stereocenters. The van der Waals surface area contributed by atoms with Gasteiger partial charge in [0.2, 0.25) is 5.91 Å². The summed E-state index contributed by atoms with van der Waals surface area (Å²) in [4.78, 5) is 29.9. The van der Waals surface area contributed by atoms with Gasteiger partial charge in [0.25, 0.3) is 5.91 Å². The molecule has 29 heavy (non-hydrogen) atoms. The Morgan fingerprint density at radius 1 is 1.10 bits per heavy atom. The van der Waals surface area contributed by atoms with Gasteiger partial charge in [0.15, 0.2) is 5.69 Å². The molecule has 2 amide bonds. The monoisotopic (exact) mass is 396 g/mol. The summed E-state index contributed by atoms with van der Waals surface area (Å²) in [6.07, 6.45) is 5.60. The Labute approximate surface area is 171 Å². The number of rotatable bonds is 3. The smallest absolute Gasteiger partial charge is 0.278 e. The lowest BCUT2D eigenvalue weighted by Gasteiger charge is -2.37. The summed E-state index contributed by atoms with van der Waals surface area (Å²) in [5.41, 5.74) is 1.97. The van der Waals surface area contributed by atoms with Crippen molar-refractivity contribution >= 4 is 11.8 Å². The molecule has 2 saturated heterocycles. The molecule has 7 nitrogen and oxygen atoms in total. The topological polar surface area (TPSA) is 79.5 Å². The van der Waals surface area contributed by atoms with Crippen LogP contribution in [-0.2, 0) is 11.2 Å². The molecule has 4 rings (SSSR count). The fourth-order valence-electron chi connectivity index (χ4n) is 4.97. The molecule has 0 aliphatic carbocycles. The normalized spacial score (nSPS) is 24.7. The summed E-state index contributed by atoms with van der Waals surface area (Å²) in [5.74, 6) is -0.0461. The number of likely N-dealkylation sites (tertiary alicyclic amines) is 2. The van der Waals surface area contributed by atoms with Crippen molar-refractivity contribution < 1.29 is 14.2 Å². The lowest BCUT2D eigenvalue weighted by atomic mass is 9.96. The number of hydrogen-bond donors (Lipinski definition) is 0. The Morgan fingerprint density at radius 2 is 1.90 bits per heavy atom. The molecule has 0 spiro atoms. The maximum atomic E-state index is 13.5. The van der Waals surface area contributed by atoms with Crippen LogP contribution in [0.15, 0.2) is 35.0 Å². The van der Waals surface area contributed by atoms with E-state index in [1.807, 2.05) is 28.0 Å². The minimum atomic E-state index is -0.138. The summed E-state index contributed by atoms with van der Waals surface area (Å²) >= 11 is 0. The van der Waals surface area contributed by atoms with Crippen LogP contribution in [0, 0.1) is 6.92 Å². The number of benzene rings is 1. The number of fused-ring (bicyclic) bond motifs is 1. The standard InChI is InChI=1S/C22H28N4O3/c1-15-21(24-29-23-15)22(28)26-18(13-17-9-5-3-6-10-17)14-20-19(26)11-7-4-8-12-25(20)16(2)27/h3,5-6,9-10,18-20H,4,7-8,11-14H2,1-2H3/t18-,19-,20+/m1/s1. The Kier molecular flexibility index (Phi) is 5.65. The van der Waals surface area contributed by atoms with Crippen LogP contribution in [0.2, 0.25) is 0 Å². The number of carbonyl (C=O) groups excluding carboxylic acids is 2. The average molecular weight is 396 g/mol. The van der Waals surface area contributed by atoms with Crippen LogP contribution in [0.3, 0.4) is 0 Å². The summed E-state index contributed by atoms with van der Waals surface area (Å²) in [5, 5.41) is 7.68. The molecular weight excluding hydrogens is 368 g/mol. The maximum Gasteiger partial charge on any atom is 0.278 e. The Morgan fingerprint density at radius 3 is 2.59 bits per heavy atom. The molecule has 3 atom stereocenters. The van der Waals surface area contributed by atoms with Crippen LogP contribution in [0.25, 0.3) is 0 Å². The van der Waals surface area contributed by atoms with Gasteiger partial charge >= 0.3 is 0 Å². The zero-order valence-corrected chi connectivity index (χ0v) is 17.1. The van der Waals surface area contributed by atoms with E-state index < -0.39 is 0 Å². The predicted octanol–water partition coefficient (Wildman–Crippen LogP) is 2.99. The van der Waals surface area contributed by atoms with Gasteiger partial charge in [0.05, 0.1) is 12.1 Å². The number of carbonyl (C=O) groups is 2. The molecule has 0 N–H and O–H groups in total. The van der Waals surface area contributed by atoms with Gasteiger partial charge in [-0.05, 0) is 43.3 Å². The van der Waals surface area contributed by atoms with Gasteiger partial charge in [-0.3, -0.25) is 9.59 Å². The molecule has 3 heterocycles. The fraction of sp³-hybridized carbons (Fsp3) is 0.545. The maximum absolute atomic E-state index is 13.5. The van der Waals surface area contributed by atoms with Crippen LogP contribution < -0.4 is 0 Å². The van der Waals surface area contributed by atoms with E-state index >= 15 is 0 Å². The minimum absolute atomic E-state index is 0.00323.